The SMILES string of the molecule is CN(C)S(=O)(=O)CC(=O)Nc1ccccc1. The maximum atomic E-state index is 11.4. The van der Waals surface area contributed by atoms with Crippen LogP contribution in [-0.2, 0) is 14.8 Å². The Balaban J connectivity index is 2.62. The van der Waals surface area contributed by atoms with Gasteiger partial charge in [0.05, 0.1) is 0 Å². The van der Waals surface area contributed by atoms with E-state index < -0.39 is 21.7 Å². The Hall–Kier alpha value is -1.40. The summed E-state index contributed by atoms with van der Waals surface area (Å²) in [5, 5.41) is 2.51. The Morgan fingerprint density at radius 1 is 1.25 bits per heavy atom. The van der Waals surface area contributed by atoms with Gasteiger partial charge in [-0.25, -0.2) is 12.7 Å². The molecule has 0 saturated carbocycles. The number of carbonyl (C=O) groups excluding carboxylic acids is 1. The van der Waals surface area contributed by atoms with Crippen molar-refractivity contribution in [1.29, 1.82) is 0 Å². The van der Waals surface area contributed by atoms with Crippen molar-refractivity contribution < 1.29 is 13.2 Å². The Morgan fingerprint density at radius 2 is 1.81 bits per heavy atom. The van der Waals surface area contributed by atoms with Crippen LogP contribution in [0.15, 0.2) is 30.3 Å². The zero-order valence-electron chi connectivity index (χ0n) is 9.17. The number of anilines is 1. The molecule has 1 N–H and O–H groups in total. The van der Waals surface area contributed by atoms with Crippen LogP contribution in [0.4, 0.5) is 5.69 Å². The third-order valence-electron chi connectivity index (χ3n) is 1.93. The van der Waals surface area contributed by atoms with Crippen LogP contribution in [0.3, 0.4) is 0 Å². The fourth-order valence-corrected chi connectivity index (χ4v) is 1.68. The number of benzene rings is 1. The summed E-state index contributed by atoms with van der Waals surface area (Å²) in [7, 11) is -0.708. The molecular weight excluding hydrogens is 228 g/mol. The lowest BCUT2D eigenvalue weighted by atomic mass is 10.3. The summed E-state index contributed by atoms with van der Waals surface area (Å²) in [6, 6.07) is 8.72. The van der Waals surface area contributed by atoms with Crippen molar-refractivity contribution in [1.82, 2.24) is 4.31 Å². The molecule has 0 spiro atoms. The van der Waals surface area contributed by atoms with Crippen LogP contribution in [0.1, 0.15) is 0 Å². The first-order valence-corrected chi connectivity index (χ1v) is 6.28. The number of nitrogens with zero attached hydrogens (tertiary/aromatic N) is 1. The summed E-state index contributed by atoms with van der Waals surface area (Å²) in [5.41, 5.74) is 0.585. The molecule has 0 atom stereocenters. The van der Waals surface area contributed by atoms with Gasteiger partial charge in [0.25, 0.3) is 0 Å². The second-order valence-corrected chi connectivity index (χ2v) is 5.64. The monoisotopic (exact) mass is 242 g/mol. The van der Waals surface area contributed by atoms with Gasteiger partial charge in [-0.2, -0.15) is 0 Å². The molecule has 1 amide bonds. The topological polar surface area (TPSA) is 66.5 Å². The van der Waals surface area contributed by atoms with Crippen LogP contribution in [0.5, 0.6) is 0 Å². The van der Waals surface area contributed by atoms with Crippen molar-refractivity contribution in [3.8, 4) is 0 Å². The number of sulfonamides is 1. The Kier molecular flexibility index (Phi) is 4.03. The molecule has 16 heavy (non-hydrogen) atoms. The van der Waals surface area contributed by atoms with E-state index in [-0.39, 0.29) is 0 Å². The molecule has 0 heterocycles. The lowest BCUT2D eigenvalue weighted by Gasteiger charge is -2.11. The van der Waals surface area contributed by atoms with Gasteiger partial charge in [-0.05, 0) is 12.1 Å². The van der Waals surface area contributed by atoms with Gasteiger partial charge < -0.3 is 5.32 Å². The first kappa shape index (κ1) is 12.7. The average molecular weight is 242 g/mol. The van der Waals surface area contributed by atoms with Crippen molar-refractivity contribution in [2.75, 3.05) is 25.2 Å². The van der Waals surface area contributed by atoms with Crippen LogP contribution in [0, 0.1) is 0 Å². The molecule has 0 aromatic heterocycles. The summed E-state index contributed by atoms with van der Waals surface area (Å²) in [5.74, 6) is -1.09. The number of hydrogen-bond acceptors (Lipinski definition) is 3. The van der Waals surface area contributed by atoms with E-state index in [0.717, 1.165) is 4.31 Å². The number of carbonyl (C=O) groups is 1. The van der Waals surface area contributed by atoms with Gasteiger partial charge in [-0.15, -0.1) is 0 Å². The minimum absolute atomic E-state index is 0.542. The van der Waals surface area contributed by atoms with Gasteiger partial charge >= 0.3 is 0 Å². The van der Waals surface area contributed by atoms with E-state index in [1.54, 1.807) is 24.3 Å². The lowest BCUT2D eigenvalue weighted by molar-refractivity contribution is -0.113. The van der Waals surface area contributed by atoms with Crippen molar-refractivity contribution in [3.05, 3.63) is 30.3 Å². The van der Waals surface area contributed by atoms with Crippen LogP contribution >= 0.6 is 0 Å². The number of rotatable bonds is 4. The van der Waals surface area contributed by atoms with Crippen LogP contribution in [-0.4, -0.2) is 38.5 Å². The van der Waals surface area contributed by atoms with E-state index >= 15 is 0 Å². The van der Waals surface area contributed by atoms with E-state index in [1.807, 2.05) is 6.07 Å². The minimum Gasteiger partial charge on any atom is -0.325 e. The Morgan fingerprint density at radius 3 is 2.31 bits per heavy atom. The highest BCUT2D eigenvalue weighted by Crippen LogP contribution is 2.05. The molecular formula is C10H14N2O3S. The molecule has 0 aliphatic heterocycles. The number of para-hydroxylation sites is 1. The van der Waals surface area contributed by atoms with Crippen LogP contribution in [0.25, 0.3) is 0 Å². The zero-order chi connectivity index (χ0) is 12.2. The van der Waals surface area contributed by atoms with Crippen molar-refractivity contribution in [2.24, 2.45) is 0 Å². The number of hydrogen-bond donors (Lipinski definition) is 1. The quantitative estimate of drug-likeness (QED) is 0.837. The molecule has 88 valence electrons. The van der Waals surface area contributed by atoms with Crippen LogP contribution < -0.4 is 5.32 Å². The second-order valence-electron chi connectivity index (χ2n) is 3.45. The third kappa shape index (κ3) is 3.63. The van der Waals surface area contributed by atoms with Gasteiger partial charge in [-0.3, -0.25) is 4.79 Å². The molecule has 0 aliphatic carbocycles. The van der Waals surface area contributed by atoms with Gasteiger partial charge in [-0.1, -0.05) is 18.2 Å². The maximum absolute atomic E-state index is 11.4. The van der Waals surface area contributed by atoms with Gasteiger partial charge in [0.15, 0.2) is 0 Å². The molecule has 1 aromatic rings. The number of nitrogens with one attached hydrogen (secondary N) is 1. The van der Waals surface area contributed by atoms with Gasteiger partial charge in [0.2, 0.25) is 15.9 Å². The fraction of sp³-hybridized carbons (Fsp3) is 0.300. The van der Waals surface area contributed by atoms with Crippen molar-refractivity contribution in [3.63, 3.8) is 0 Å². The van der Waals surface area contributed by atoms with E-state index in [9.17, 15) is 13.2 Å². The van der Waals surface area contributed by atoms with Gasteiger partial charge in [0, 0.05) is 19.8 Å². The van der Waals surface area contributed by atoms with Crippen molar-refractivity contribution >= 4 is 21.6 Å². The van der Waals surface area contributed by atoms with Gasteiger partial charge in [0.1, 0.15) is 5.75 Å². The predicted molar refractivity (Wildman–Crippen MR) is 62.5 cm³/mol. The average Bonchev–Trinajstić information content (AvgIpc) is 2.17. The molecule has 0 radical (unpaired) electrons. The molecule has 0 bridgehead atoms. The first-order chi connectivity index (χ1) is 7.42. The molecule has 1 rings (SSSR count). The van der Waals surface area contributed by atoms with Crippen molar-refractivity contribution in [2.45, 2.75) is 0 Å². The Labute approximate surface area is 95.1 Å². The highest BCUT2D eigenvalue weighted by Gasteiger charge is 2.18. The first-order valence-electron chi connectivity index (χ1n) is 4.67. The summed E-state index contributed by atoms with van der Waals surface area (Å²) in [4.78, 5) is 11.4. The molecule has 0 fully saturated rings. The summed E-state index contributed by atoms with van der Waals surface area (Å²) >= 11 is 0. The predicted octanol–water partition coefficient (Wildman–Crippen LogP) is 0.516. The highest BCUT2D eigenvalue weighted by atomic mass is 32.2. The molecule has 0 saturated heterocycles. The zero-order valence-corrected chi connectivity index (χ0v) is 9.99. The van der Waals surface area contributed by atoms with E-state index in [2.05, 4.69) is 5.32 Å². The number of amides is 1. The second kappa shape index (κ2) is 5.09. The summed E-state index contributed by atoms with van der Waals surface area (Å²) in [6.07, 6.45) is 0. The standard InChI is InChI=1S/C10H14N2O3S/c1-12(2)16(14,15)8-10(13)11-9-6-4-3-5-7-9/h3-7H,8H2,1-2H3,(H,11,13). The summed E-state index contributed by atoms with van der Waals surface area (Å²) < 4.78 is 23.8. The molecule has 6 heteroatoms. The summed E-state index contributed by atoms with van der Waals surface area (Å²) in [6.45, 7) is 0. The largest absolute Gasteiger partial charge is 0.325 e. The van der Waals surface area contributed by atoms with E-state index in [4.69, 9.17) is 0 Å². The minimum atomic E-state index is -3.50. The normalized spacial score (nSPS) is 11.4. The van der Waals surface area contributed by atoms with E-state index in [0.29, 0.717) is 5.69 Å². The molecule has 0 unspecified atom stereocenters. The molecule has 5 nitrogen and oxygen atoms in total. The third-order valence-corrected chi connectivity index (χ3v) is 3.67. The fourth-order valence-electron chi connectivity index (χ4n) is 1.01. The van der Waals surface area contributed by atoms with Crippen LogP contribution in [0.2, 0.25) is 0 Å². The Bertz CT molecular complexity index is 454. The molecule has 1 aromatic carbocycles. The smallest absolute Gasteiger partial charge is 0.241 e. The molecule has 0 aliphatic rings. The van der Waals surface area contributed by atoms with E-state index in [1.165, 1.54) is 14.1 Å². The lowest BCUT2D eigenvalue weighted by Crippen LogP contribution is -2.31. The maximum Gasteiger partial charge on any atom is 0.241 e. The highest BCUT2D eigenvalue weighted by molar-refractivity contribution is 7.89.